The zero-order chi connectivity index (χ0) is 24.5. The van der Waals surface area contributed by atoms with Gasteiger partial charge in [-0.05, 0) is 61.2 Å². The van der Waals surface area contributed by atoms with E-state index in [1.165, 1.54) is 19.2 Å². The average Bonchev–Trinajstić information content (AvgIpc) is 3.21. The smallest absolute Gasteiger partial charge is 0.410 e. The molecule has 3 heterocycles. The molecule has 1 saturated heterocycles. The topological polar surface area (TPSA) is 104 Å². The lowest BCUT2D eigenvalue weighted by atomic mass is 9.80. The molecule has 9 nitrogen and oxygen atoms in total. The van der Waals surface area contributed by atoms with Crippen molar-refractivity contribution < 1.29 is 23.9 Å². The maximum absolute atomic E-state index is 13.2. The molecule has 2 aromatic rings. The van der Waals surface area contributed by atoms with E-state index in [4.69, 9.17) is 14.2 Å². The SMILES string of the molecule is COc1ccc([N+](=O)[O-])nc1C1=C[C@@]2(CCCN(C(=O)OC(C)(C)C)[C@H]2c2ccccc2)OC1. The molecule has 0 N–H and O–H groups in total. The number of pyridine rings is 1. The third-order valence-corrected chi connectivity index (χ3v) is 5.95. The van der Waals surface area contributed by atoms with Gasteiger partial charge in [0.2, 0.25) is 5.69 Å². The second-order valence-corrected chi connectivity index (χ2v) is 9.48. The highest BCUT2D eigenvalue weighted by atomic mass is 16.6. The van der Waals surface area contributed by atoms with Crippen molar-refractivity contribution in [2.45, 2.75) is 50.9 Å². The van der Waals surface area contributed by atoms with E-state index in [0.29, 0.717) is 36.4 Å². The third kappa shape index (κ3) is 4.61. The van der Waals surface area contributed by atoms with Crippen molar-refractivity contribution in [2.75, 3.05) is 20.3 Å². The van der Waals surface area contributed by atoms with Gasteiger partial charge in [-0.15, -0.1) is 0 Å². The number of ether oxygens (including phenoxy) is 3. The van der Waals surface area contributed by atoms with Gasteiger partial charge in [0.15, 0.2) is 5.75 Å². The predicted molar refractivity (Wildman–Crippen MR) is 125 cm³/mol. The van der Waals surface area contributed by atoms with E-state index in [2.05, 4.69) is 4.98 Å². The van der Waals surface area contributed by atoms with Crippen molar-refractivity contribution in [3.63, 3.8) is 0 Å². The van der Waals surface area contributed by atoms with Crippen molar-refractivity contribution in [1.82, 2.24) is 9.88 Å². The Kier molecular flexibility index (Phi) is 6.31. The quantitative estimate of drug-likeness (QED) is 0.464. The molecule has 34 heavy (non-hydrogen) atoms. The predicted octanol–water partition coefficient (Wildman–Crippen LogP) is 4.92. The van der Waals surface area contributed by atoms with Crippen LogP contribution in [-0.4, -0.2) is 52.4 Å². The fraction of sp³-hybridized carbons (Fsp3) is 0.440. The lowest BCUT2D eigenvalue weighted by Crippen LogP contribution is -2.53. The largest absolute Gasteiger partial charge is 0.492 e. The van der Waals surface area contributed by atoms with Gasteiger partial charge >= 0.3 is 11.9 Å². The summed E-state index contributed by atoms with van der Waals surface area (Å²) in [5, 5.41) is 11.3. The summed E-state index contributed by atoms with van der Waals surface area (Å²) < 4.78 is 17.6. The number of nitrogens with zero attached hydrogens (tertiary/aromatic N) is 3. The standard InChI is InChI=1S/C25H29N3O6/c1-24(2,3)34-23(29)27-14-8-13-25(22(27)17-9-6-5-7-10-17)15-18(16-33-25)21-19(32-4)11-12-20(26-21)28(30)31/h5-7,9-12,15,22H,8,13-14,16H2,1-4H3/t22-,25+/m0/s1. The fourth-order valence-electron chi connectivity index (χ4n) is 4.63. The molecule has 180 valence electrons. The van der Waals surface area contributed by atoms with Gasteiger partial charge in [-0.1, -0.05) is 30.3 Å². The Bertz CT molecular complexity index is 1110. The molecule has 0 unspecified atom stereocenters. The van der Waals surface area contributed by atoms with E-state index in [1.54, 1.807) is 4.90 Å². The van der Waals surface area contributed by atoms with Gasteiger partial charge in [0, 0.05) is 18.2 Å². The van der Waals surface area contributed by atoms with Gasteiger partial charge in [0.1, 0.15) is 11.2 Å². The van der Waals surface area contributed by atoms with Crippen LogP contribution in [-0.2, 0) is 9.47 Å². The molecule has 1 aromatic carbocycles. The Hall–Kier alpha value is -3.46. The van der Waals surface area contributed by atoms with Crippen LogP contribution in [0, 0.1) is 10.1 Å². The molecule has 1 aromatic heterocycles. The number of piperidine rings is 1. The summed E-state index contributed by atoms with van der Waals surface area (Å²) in [6.45, 7) is 6.24. The lowest BCUT2D eigenvalue weighted by molar-refractivity contribution is -0.389. The van der Waals surface area contributed by atoms with Gasteiger partial charge in [-0.3, -0.25) is 4.90 Å². The zero-order valence-corrected chi connectivity index (χ0v) is 19.8. The number of aromatic nitrogens is 1. The molecule has 0 saturated carbocycles. The number of methoxy groups -OCH3 is 1. The minimum atomic E-state index is -0.830. The number of likely N-dealkylation sites (tertiary alicyclic amines) is 1. The highest BCUT2D eigenvalue weighted by Gasteiger charge is 2.51. The van der Waals surface area contributed by atoms with E-state index >= 15 is 0 Å². The summed E-state index contributed by atoms with van der Waals surface area (Å²) in [4.78, 5) is 30.0. The molecular weight excluding hydrogens is 438 g/mol. The highest BCUT2D eigenvalue weighted by molar-refractivity contribution is 5.74. The van der Waals surface area contributed by atoms with Crippen LogP contribution >= 0.6 is 0 Å². The number of amides is 1. The van der Waals surface area contributed by atoms with Crippen LogP contribution in [0.3, 0.4) is 0 Å². The number of carbonyl (C=O) groups excluding carboxylic acids is 1. The molecule has 0 bridgehead atoms. The van der Waals surface area contributed by atoms with Gasteiger partial charge < -0.3 is 24.3 Å². The minimum absolute atomic E-state index is 0.190. The maximum atomic E-state index is 13.2. The van der Waals surface area contributed by atoms with Crippen LogP contribution in [0.25, 0.3) is 5.57 Å². The van der Waals surface area contributed by atoms with Crippen LogP contribution in [0.15, 0.2) is 48.5 Å². The van der Waals surface area contributed by atoms with Crippen LogP contribution in [0.4, 0.5) is 10.6 Å². The Labute approximate surface area is 198 Å². The normalized spacial score (nSPS) is 22.4. The first kappa shape index (κ1) is 23.7. The zero-order valence-electron chi connectivity index (χ0n) is 19.8. The van der Waals surface area contributed by atoms with Crippen molar-refractivity contribution in [3.8, 4) is 5.75 Å². The first-order valence-corrected chi connectivity index (χ1v) is 11.2. The lowest BCUT2D eigenvalue weighted by Gasteiger charge is -2.46. The molecule has 1 amide bonds. The average molecular weight is 468 g/mol. The number of hydrogen-bond donors (Lipinski definition) is 0. The van der Waals surface area contributed by atoms with Crippen LogP contribution in [0.1, 0.15) is 50.9 Å². The summed E-state index contributed by atoms with van der Waals surface area (Å²) in [7, 11) is 1.50. The second-order valence-electron chi connectivity index (χ2n) is 9.48. The molecule has 2 aliphatic heterocycles. The van der Waals surface area contributed by atoms with E-state index in [9.17, 15) is 14.9 Å². The number of hydrogen-bond acceptors (Lipinski definition) is 7. The number of carbonyl (C=O) groups is 1. The second kappa shape index (κ2) is 9.06. The molecular formula is C25H29N3O6. The van der Waals surface area contributed by atoms with Crippen molar-refractivity contribution in [2.24, 2.45) is 0 Å². The minimum Gasteiger partial charge on any atom is -0.492 e. The van der Waals surface area contributed by atoms with Crippen LogP contribution in [0.5, 0.6) is 5.75 Å². The summed E-state index contributed by atoms with van der Waals surface area (Å²) >= 11 is 0. The Morgan fingerprint density at radius 1 is 1.24 bits per heavy atom. The molecule has 1 fully saturated rings. The molecule has 9 heteroatoms. The molecule has 1 spiro atoms. The van der Waals surface area contributed by atoms with Gasteiger partial charge in [-0.2, -0.15) is 0 Å². The Morgan fingerprint density at radius 2 is 1.97 bits per heavy atom. The number of rotatable bonds is 4. The third-order valence-electron chi connectivity index (χ3n) is 5.95. The molecule has 2 aliphatic rings. The fourth-order valence-corrected chi connectivity index (χ4v) is 4.63. The van der Waals surface area contributed by atoms with Crippen LogP contribution < -0.4 is 4.74 Å². The van der Waals surface area contributed by atoms with Crippen molar-refractivity contribution in [3.05, 3.63) is 69.9 Å². The number of nitro groups is 1. The first-order valence-electron chi connectivity index (χ1n) is 11.2. The Morgan fingerprint density at radius 3 is 2.62 bits per heavy atom. The highest BCUT2D eigenvalue weighted by Crippen LogP contribution is 2.48. The van der Waals surface area contributed by atoms with Crippen molar-refractivity contribution in [1.29, 1.82) is 0 Å². The van der Waals surface area contributed by atoms with Gasteiger partial charge in [-0.25, -0.2) is 4.79 Å². The van der Waals surface area contributed by atoms with E-state index < -0.39 is 28.3 Å². The Balaban J connectivity index is 1.79. The molecule has 0 aliphatic carbocycles. The summed E-state index contributed by atoms with van der Waals surface area (Å²) in [5.41, 5.74) is 0.510. The summed E-state index contributed by atoms with van der Waals surface area (Å²) in [5.74, 6) is 0.157. The van der Waals surface area contributed by atoms with E-state index in [0.717, 1.165) is 5.56 Å². The molecule has 2 atom stereocenters. The first-order chi connectivity index (χ1) is 16.1. The van der Waals surface area contributed by atoms with Gasteiger partial charge in [0.25, 0.3) is 0 Å². The molecule has 4 rings (SSSR count). The summed E-state index contributed by atoms with van der Waals surface area (Å²) in [6, 6.07) is 12.1. The summed E-state index contributed by atoms with van der Waals surface area (Å²) in [6.07, 6.45) is 2.94. The molecule has 0 radical (unpaired) electrons. The maximum Gasteiger partial charge on any atom is 0.410 e. The van der Waals surface area contributed by atoms with Gasteiger partial charge in [0.05, 0.1) is 19.8 Å². The number of benzene rings is 1. The van der Waals surface area contributed by atoms with E-state index in [1.807, 2.05) is 57.2 Å². The van der Waals surface area contributed by atoms with E-state index in [-0.39, 0.29) is 12.4 Å². The van der Waals surface area contributed by atoms with Crippen LogP contribution in [0.2, 0.25) is 0 Å². The monoisotopic (exact) mass is 467 g/mol. The van der Waals surface area contributed by atoms with Crippen molar-refractivity contribution >= 4 is 17.5 Å².